The third kappa shape index (κ3) is 2.99. The van der Waals surface area contributed by atoms with Gasteiger partial charge in [-0.25, -0.2) is 0 Å². The fraction of sp³-hybridized carbons (Fsp3) is 0.571. The molecule has 3 heterocycles. The van der Waals surface area contributed by atoms with Gasteiger partial charge in [-0.1, -0.05) is 11.6 Å². The summed E-state index contributed by atoms with van der Waals surface area (Å²) in [5.41, 5.74) is 0. The first-order chi connectivity index (χ1) is 10.5. The molecule has 2 saturated heterocycles. The molecule has 0 aromatic carbocycles. The monoisotopic (exact) mass is 343 g/mol. The maximum atomic E-state index is 12.3. The molecule has 1 aromatic rings. The number of nitrogens with one attached hydrogen (secondary N) is 2. The van der Waals surface area contributed by atoms with Crippen LogP contribution in [0.5, 0.6) is 0 Å². The van der Waals surface area contributed by atoms with Crippen LogP contribution in [-0.4, -0.2) is 52.6 Å². The number of hydrogen-bond donors (Lipinski definition) is 3. The van der Waals surface area contributed by atoms with Gasteiger partial charge < -0.3 is 20.6 Å². The van der Waals surface area contributed by atoms with Crippen LogP contribution >= 0.6 is 22.9 Å². The lowest BCUT2D eigenvalue weighted by molar-refractivity contribution is -0.149. The Morgan fingerprint density at radius 2 is 2.32 bits per heavy atom. The normalized spacial score (nSPS) is 29.4. The van der Waals surface area contributed by atoms with Crippen molar-refractivity contribution in [3.05, 3.63) is 21.3 Å². The SMILES string of the molecule is C[C@@H](O)[C@@H]1NC(=O)[C@@H]2C[C@H](NCc3ccc(Cl)s3)CN2C1=O. The number of aliphatic hydroxyl groups excluding tert-OH is 1. The van der Waals surface area contributed by atoms with E-state index in [1.165, 1.54) is 18.3 Å². The van der Waals surface area contributed by atoms with Gasteiger partial charge in [-0.3, -0.25) is 9.59 Å². The van der Waals surface area contributed by atoms with Crippen molar-refractivity contribution in [2.24, 2.45) is 0 Å². The number of hydrogen-bond acceptors (Lipinski definition) is 5. The number of carbonyl (C=O) groups excluding carboxylic acids is 2. The van der Waals surface area contributed by atoms with E-state index in [0.717, 1.165) is 9.21 Å². The molecule has 2 amide bonds. The largest absolute Gasteiger partial charge is 0.391 e. The number of piperazine rings is 1. The van der Waals surface area contributed by atoms with Crippen molar-refractivity contribution < 1.29 is 14.7 Å². The Hall–Kier alpha value is -1.15. The van der Waals surface area contributed by atoms with Gasteiger partial charge in [0.15, 0.2) is 0 Å². The lowest BCUT2D eigenvalue weighted by atomic mass is 10.0. The average molecular weight is 344 g/mol. The molecule has 3 N–H and O–H groups in total. The van der Waals surface area contributed by atoms with Crippen LogP contribution in [-0.2, 0) is 16.1 Å². The third-order valence-corrected chi connectivity index (χ3v) is 5.36. The van der Waals surface area contributed by atoms with Crippen LogP contribution in [0.25, 0.3) is 0 Å². The molecular weight excluding hydrogens is 326 g/mol. The first-order valence-electron chi connectivity index (χ1n) is 7.22. The van der Waals surface area contributed by atoms with Gasteiger partial charge in [0.1, 0.15) is 12.1 Å². The molecule has 2 fully saturated rings. The van der Waals surface area contributed by atoms with Crippen LogP contribution in [0.3, 0.4) is 0 Å². The Balaban J connectivity index is 1.62. The van der Waals surface area contributed by atoms with Crippen LogP contribution in [0.1, 0.15) is 18.2 Å². The van der Waals surface area contributed by atoms with Crippen LogP contribution < -0.4 is 10.6 Å². The van der Waals surface area contributed by atoms with Gasteiger partial charge in [0.05, 0.1) is 10.4 Å². The second kappa shape index (κ2) is 6.16. The highest BCUT2D eigenvalue weighted by molar-refractivity contribution is 7.16. The van der Waals surface area contributed by atoms with Gasteiger partial charge >= 0.3 is 0 Å². The number of aliphatic hydroxyl groups is 1. The number of nitrogens with zero attached hydrogens (tertiary/aromatic N) is 1. The second-order valence-electron chi connectivity index (χ2n) is 5.75. The first-order valence-corrected chi connectivity index (χ1v) is 8.41. The van der Waals surface area contributed by atoms with E-state index < -0.39 is 18.2 Å². The maximum absolute atomic E-state index is 12.3. The number of amides is 2. The molecule has 0 saturated carbocycles. The summed E-state index contributed by atoms with van der Waals surface area (Å²) in [7, 11) is 0. The van der Waals surface area contributed by atoms with Gasteiger partial charge in [-0.05, 0) is 25.5 Å². The summed E-state index contributed by atoms with van der Waals surface area (Å²) in [5.74, 6) is -0.392. The Morgan fingerprint density at radius 3 is 2.95 bits per heavy atom. The Kier molecular flexibility index (Phi) is 4.40. The van der Waals surface area contributed by atoms with Gasteiger partial charge in [0.2, 0.25) is 11.8 Å². The standard InChI is InChI=1S/C14H18ClN3O3S/c1-7(19)12-14(21)18-6-8(4-10(18)13(20)17-12)16-5-9-2-3-11(15)22-9/h2-3,7-8,10,12,16,19H,4-6H2,1H3,(H,17,20)/t7-,8+,10+,12+/m1/s1. The predicted octanol–water partition coefficient (Wildman–Crippen LogP) is 0.340. The van der Waals surface area contributed by atoms with Gasteiger partial charge in [-0.2, -0.15) is 0 Å². The molecule has 6 nitrogen and oxygen atoms in total. The molecule has 0 aliphatic carbocycles. The fourth-order valence-electron chi connectivity index (χ4n) is 2.98. The van der Waals surface area contributed by atoms with Crippen molar-refractivity contribution in [1.82, 2.24) is 15.5 Å². The van der Waals surface area contributed by atoms with Crippen molar-refractivity contribution in [3.8, 4) is 0 Å². The quantitative estimate of drug-likeness (QED) is 0.736. The summed E-state index contributed by atoms with van der Waals surface area (Å²) in [6.07, 6.45) is -0.305. The molecule has 2 aliphatic heterocycles. The van der Waals surface area contributed by atoms with E-state index in [1.54, 1.807) is 4.90 Å². The summed E-state index contributed by atoms with van der Waals surface area (Å²) in [6.45, 7) is 2.66. The van der Waals surface area contributed by atoms with Crippen molar-refractivity contribution >= 4 is 34.8 Å². The topological polar surface area (TPSA) is 81.7 Å². The van der Waals surface area contributed by atoms with E-state index >= 15 is 0 Å². The number of carbonyl (C=O) groups is 2. The fourth-order valence-corrected chi connectivity index (χ4v) is 4.02. The van der Waals surface area contributed by atoms with Gasteiger partial charge in [-0.15, -0.1) is 11.3 Å². The number of thiophene rings is 1. The Bertz CT molecular complexity index is 592. The molecule has 0 unspecified atom stereocenters. The summed E-state index contributed by atoms with van der Waals surface area (Å²) >= 11 is 7.41. The van der Waals surface area contributed by atoms with Gasteiger partial charge in [0.25, 0.3) is 0 Å². The summed E-state index contributed by atoms with van der Waals surface area (Å²) < 4.78 is 0.745. The number of fused-ring (bicyclic) bond motifs is 1. The minimum absolute atomic E-state index is 0.0633. The first kappa shape index (κ1) is 15.7. The summed E-state index contributed by atoms with van der Waals surface area (Å²) in [5, 5.41) is 15.6. The smallest absolute Gasteiger partial charge is 0.248 e. The molecule has 1 aromatic heterocycles. The lowest BCUT2D eigenvalue weighted by Crippen LogP contribution is -2.64. The number of halogens is 1. The molecule has 4 atom stereocenters. The van der Waals surface area contributed by atoms with E-state index in [2.05, 4.69) is 10.6 Å². The highest BCUT2D eigenvalue weighted by atomic mass is 35.5. The highest BCUT2D eigenvalue weighted by Crippen LogP contribution is 2.25. The Morgan fingerprint density at radius 1 is 1.55 bits per heavy atom. The van der Waals surface area contributed by atoms with Crippen molar-refractivity contribution in [3.63, 3.8) is 0 Å². The Labute approximate surface area is 137 Å². The summed E-state index contributed by atoms with van der Waals surface area (Å²) in [4.78, 5) is 27.1. The van der Waals surface area contributed by atoms with E-state index in [-0.39, 0.29) is 17.9 Å². The van der Waals surface area contributed by atoms with Crippen LogP contribution in [0.15, 0.2) is 12.1 Å². The minimum atomic E-state index is -0.891. The average Bonchev–Trinajstić information content (AvgIpc) is 3.07. The summed E-state index contributed by atoms with van der Waals surface area (Å²) in [6, 6.07) is 2.61. The van der Waals surface area contributed by atoms with Crippen molar-refractivity contribution in [2.75, 3.05) is 6.54 Å². The molecule has 0 spiro atoms. The third-order valence-electron chi connectivity index (χ3n) is 4.13. The highest BCUT2D eigenvalue weighted by Gasteiger charge is 2.47. The zero-order valence-electron chi connectivity index (χ0n) is 12.1. The predicted molar refractivity (Wildman–Crippen MR) is 83.7 cm³/mol. The molecule has 8 heteroatoms. The van der Waals surface area contributed by atoms with E-state index in [1.807, 2.05) is 12.1 Å². The minimum Gasteiger partial charge on any atom is -0.391 e. The molecule has 3 rings (SSSR count). The van der Waals surface area contributed by atoms with Crippen molar-refractivity contribution in [2.45, 2.75) is 44.1 Å². The van der Waals surface area contributed by atoms with E-state index in [4.69, 9.17) is 11.6 Å². The zero-order valence-corrected chi connectivity index (χ0v) is 13.7. The lowest BCUT2D eigenvalue weighted by Gasteiger charge is -2.35. The zero-order chi connectivity index (χ0) is 15.9. The van der Waals surface area contributed by atoms with Crippen LogP contribution in [0.4, 0.5) is 0 Å². The van der Waals surface area contributed by atoms with Crippen LogP contribution in [0, 0.1) is 0 Å². The number of rotatable bonds is 4. The molecule has 120 valence electrons. The van der Waals surface area contributed by atoms with Crippen molar-refractivity contribution in [1.29, 1.82) is 0 Å². The molecule has 2 aliphatic rings. The maximum Gasteiger partial charge on any atom is 0.248 e. The molecular formula is C14H18ClN3O3S. The molecule has 22 heavy (non-hydrogen) atoms. The van der Waals surface area contributed by atoms with E-state index in [9.17, 15) is 14.7 Å². The second-order valence-corrected chi connectivity index (χ2v) is 7.55. The van der Waals surface area contributed by atoms with Crippen LogP contribution in [0.2, 0.25) is 4.34 Å². The van der Waals surface area contributed by atoms with Gasteiger partial charge in [0, 0.05) is 24.0 Å². The molecule has 0 radical (unpaired) electrons. The van der Waals surface area contributed by atoms with E-state index in [0.29, 0.717) is 19.5 Å². The molecule has 0 bridgehead atoms.